The highest BCUT2D eigenvalue weighted by molar-refractivity contribution is 5.80. The van der Waals surface area contributed by atoms with E-state index in [1.165, 1.54) is 37.7 Å². The molecule has 4 nitrogen and oxygen atoms in total. The molecule has 148 valence electrons. The maximum atomic E-state index is 12.4. The van der Waals surface area contributed by atoms with Gasteiger partial charge < -0.3 is 10.2 Å². The number of amides is 2. The first-order chi connectivity index (χ1) is 13.2. The van der Waals surface area contributed by atoms with Crippen molar-refractivity contribution in [3.8, 4) is 0 Å². The van der Waals surface area contributed by atoms with Crippen molar-refractivity contribution in [2.45, 2.75) is 64.2 Å². The molecule has 1 N–H and O–H groups in total. The van der Waals surface area contributed by atoms with Crippen LogP contribution in [-0.2, 0) is 16.0 Å². The number of hydrogen-bond donors (Lipinski definition) is 1. The predicted molar refractivity (Wildman–Crippen MR) is 108 cm³/mol. The van der Waals surface area contributed by atoms with Crippen molar-refractivity contribution in [3.63, 3.8) is 0 Å². The number of hydrogen-bond acceptors (Lipinski definition) is 2. The number of nitrogens with zero attached hydrogens (tertiary/aromatic N) is 1. The molecule has 4 heteroatoms. The molecule has 2 fully saturated rings. The van der Waals surface area contributed by atoms with Gasteiger partial charge in [0.25, 0.3) is 0 Å². The smallest absolute Gasteiger partial charge is 0.223 e. The van der Waals surface area contributed by atoms with Gasteiger partial charge in [-0.3, -0.25) is 9.59 Å². The first kappa shape index (κ1) is 19.9. The van der Waals surface area contributed by atoms with Crippen LogP contribution in [0, 0.1) is 11.8 Å². The van der Waals surface area contributed by atoms with Crippen molar-refractivity contribution in [3.05, 3.63) is 35.9 Å². The van der Waals surface area contributed by atoms with Crippen LogP contribution in [0.3, 0.4) is 0 Å². The lowest BCUT2D eigenvalue weighted by molar-refractivity contribution is -0.135. The second-order valence-electron chi connectivity index (χ2n) is 8.22. The highest BCUT2D eigenvalue weighted by Crippen LogP contribution is 2.26. The summed E-state index contributed by atoms with van der Waals surface area (Å²) in [5.41, 5.74) is 1.21. The van der Waals surface area contributed by atoms with Crippen LogP contribution in [0.25, 0.3) is 0 Å². The van der Waals surface area contributed by atoms with Crippen LogP contribution < -0.4 is 5.32 Å². The van der Waals surface area contributed by atoms with Gasteiger partial charge in [-0.2, -0.15) is 0 Å². The van der Waals surface area contributed by atoms with Gasteiger partial charge in [0.2, 0.25) is 11.8 Å². The molecule has 1 aliphatic carbocycles. The van der Waals surface area contributed by atoms with Gasteiger partial charge in [0.05, 0.1) is 0 Å². The van der Waals surface area contributed by atoms with Crippen LogP contribution in [0.5, 0.6) is 0 Å². The van der Waals surface area contributed by atoms with E-state index in [-0.39, 0.29) is 17.7 Å². The van der Waals surface area contributed by atoms with Crippen molar-refractivity contribution in [1.82, 2.24) is 10.2 Å². The summed E-state index contributed by atoms with van der Waals surface area (Å²) in [5, 5.41) is 3.15. The second kappa shape index (κ2) is 10.5. The number of carbonyl (C=O) groups excluding carboxylic acids is 2. The molecule has 1 saturated carbocycles. The molecular formula is C23H34N2O2. The molecule has 1 aliphatic heterocycles. The lowest BCUT2D eigenvalue weighted by Crippen LogP contribution is -2.43. The molecule has 2 amide bonds. The third-order valence-electron chi connectivity index (χ3n) is 6.27. The summed E-state index contributed by atoms with van der Waals surface area (Å²) in [6, 6.07) is 10.2. The Bertz CT molecular complexity index is 588. The van der Waals surface area contributed by atoms with E-state index in [0.29, 0.717) is 19.5 Å². The Kier molecular flexibility index (Phi) is 7.73. The van der Waals surface area contributed by atoms with Gasteiger partial charge in [-0.05, 0) is 37.2 Å². The molecule has 0 spiro atoms. The molecule has 0 bridgehead atoms. The van der Waals surface area contributed by atoms with Crippen molar-refractivity contribution >= 4 is 11.8 Å². The minimum absolute atomic E-state index is 0.0783. The average Bonchev–Trinajstić information content (AvgIpc) is 2.73. The molecule has 2 aliphatic rings. The Morgan fingerprint density at radius 3 is 2.37 bits per heavy atom. The van der Waals surface area contributed by atoms with Gasteiger partial charge in [0, 0.05) is 32.0 Å². The van der Waals surface area contributed by atoms with Crippen LogP contribution in [0.4, 0.5) is 0 Å². The fourth-order valence-electron chi connectivity index (χ4n) is 4.46. The van der Waals surface area contributed by atoms with E-state index >= 15 is 0 Å². The van der Waals surface area contributed by atoms with Gasteiger partial charge >= 0.3 is 0 Å². The van der Waals surface area contributed by atoms with Gasteiger partial charge in [-0.15, -0.1) is 0 Å². The summed E-state index contributed by atoms with van der Waals surface area (Å²) in [6.45, 7) is 2.25. The molecule has 3 rings (SSSR count). The highest BCUT2D eigenvalue weighted by Gasteiger charge is 2.27. The summed E-state index contributed by atoms with van der Waals surface area (Å²) in [6.07, 6.45) is 10.8. The molecule has 0 atom stereocenters. The number of carbonyl (C=O) groups is 2. The average molecular weight is 371 g/mol. The second-order valence-corrected chi connectivity index (χ2v) is 8.22. The van der Waals surface area contributed by atoms with E-state index in [2.05, 4.69) is 17.4 Å². The largest absolute Gasteiger partial charge is 0.356 e. The Morgan fingerprint density at radius 2 is 1.67 bits per heavy atom. The number of piperidine rings is 1. The molecule has 1 saturated heterocycles. The molecule has 27 heavy (non-hydrogen) atoms. The summed E-state index contributed by atoms with van der Waals surface area (Å²) >= 11 is 0. The van der Waals surface area contributed by atoms with E-state index in [4.69, 9.17) is 0 Å². The van der Waals surface area contributed by atoms with Crippen molar-refractivity contribution in [2.75, 3.05) is 19.6 Å². The van der Waals surface area contributed by atoms with E-state index in [0.717, 1.165) is 38.1 Å². The van der Waals surface area contributed by atoms with E-state index in [1.54, 1.807) is 0 Å². The van der Waals surface area contributed by atoms with Gasteiger partial charge in [0.1, 0.15) is 0 Å². The molecule has 1 heterocycles. The molecule has 1 aromatic rings. The Balaban J connectivity index is 1.31. The molecule has 0 unspecified atom stereocenters. The molecule has 0 radical (unpaired) electrons. The molecule has 1 aromatic carbocycles. The zero-order valence-corrected chi connectivity index (χ0v) is 16.5. The lowest BCUT2D eigenvalue weighted by Gasteiger charge is -2.31. The summed E-state index contributed by atoms with van der Waals surface area (Å²) in [5.74, 6) is 1.30. The summed E-state index contributed by atoms with van der Waals surface area (Å²) < 4.78 is 0. The van der Waals surface area contributed by atoms with E-state index in [1.807, 2.05) is 23.1 Å². The maximum Gasteiger partial charge on any atom is 0.223 e. The van der Waals surface area contributed by atoms with Crippen LogP contribution >= 0.6 is 0 Å². The fraction of sp³-hybridized carbons (Fsp3) is 0.652. The van der Waals surface area contributed by atoms with Crippen LogP contribution in [0.1, 0.15) is 63.4 Å². The van der Waals surface area contributed by atoms with Crippen LogP contribution in [0.2, 0.25) is 0 Å². The van der Waals surface area contributed by atoms with Crippen molar-refractivity contribution < 1.29 is 9.59 Å². The Hall–Kier alpha value is -1.84. The number of aryl methyl sites for hydroxylation is 1. The first-order valence-corrected chi connectivity index (χ1v) is 10.8. The Morgan fingerprint density at radius 1 is 0.963 bits per heavy atom. The maximum absolute atomic E-state index is 12.4. The third kappa shape index (κ3) is 6.37. The zero-order chi connectivity index (χ0) is 18.9. The SMILES string of the molecule is O=C(NCCC1CCCCC1)C1CCN(C(=O)CCc2ccccc2)CC1. The summed E-state index contributed by atoms with van der Waals surface area (Å²) in [4.78, 5) is 26.8. The van der Waals surface area contributed by atoms with Crippen molar-refractivity contribution in [1.29, 1.82) is 0 Å². The number of rotatable bonds is 7. The molecule has 0 aromatic heterocycles. The summed E-state index contributed by atoms with van der Waals surface area (Å²) in [7, 11) is 0. The minimum atomic E-state index is 0.0783. The number of likely N-dealkylation sites (tertiary alicyclic amines) is 1. The number of nitrogens with one attached hydrogen (secondary N) is 1. The quantitative estimate of drug-likeness (QED) is 0.790. The normalized spacial score (nSPS) is 19.0. The van der Waals surface area contributed by atoms with Crippen molar-refractivity contribution in [2.24, 2.45) is 11.8 Å². The fourth-order valence-corrected chi connectivity index (χ4v) is 4.46. The van der Waals surface area contributed by atoms with E-state index < -0.39 is 0 Å². The predicted octanol–water partition coefficient (Wildman–Crippen LogP) is 3.94. The van der Waals surface area contributed by atoms with Gasteiger partial charge in [-0.1, -0.05) is 62.4 Å². The van der Waals surface area contributed by atoms with E-state index in [9.17, 15) is 9.59 Å². The van der Waals surface area contributed by atoms with Crippen LogP contribution in [-0.4, -0.2) is 36.3 Å². The monoisotopic (exact) mass is 370 g/mol. The topological polar surface area (TPSA) is 49.4 Å². The van der Waals surface area contributed by atoms with Crippen LogP contribution in [0.15, 0.2) is 30.3 Å². The number of benzene rings is 1. The Labute approximate surface area is 163 Å². The lowest BCUT2D eigenvalue weighted by atomic mass is 9.87. The van der Waals surface area contributed by atoms with Gasteiger partial charge in [-0.25, -0.2) is 0 Å². The zero-order valence-electron chi connectivity index (χ0n) is 16.5. The van der Waals surface area contributed by atoms with Gasteiger partial charge in [0.15, 0.2) is 0 Å². The molecular weight excluding hydrogens is 336 g/mol. The first-order valence-electron chi connectivity index (χ1n) is 10.8. The minimum Gasteiger partial charge on any atom is -0.356 e. The standard InChI is InChI=1S/C23H34N2O2/c26-22(12-11-19-7-3-1-4-8-19)25-17-14-21(15-18-25)23(27)24-16-13-20-9-5-2-6-10-20/h1,3-4,7-8,20-21H,2,5-6,9-18H2,(H,24,27). The highest BCUT2D eigenvalue weighted by atomic mass is 16.2. The third-order valence-corrected chi connectivity index (χ3v) is 6.27.